The van der Waals surface area contributed by atoms with Gasteiger partial charge in [0, 0.05) is 5.02 Å². The van der Waals surface area contributed by atoms with Crippen molar-refractivity contribution in [3.05, 3.63) is 105 Å². The number of fused-ring (bicyclic) bond motifs is 2. The Bertz CT molecular complexity index is 1500. The summed E-state index contributed by atoms with van der Waals surface area (Å²) in [6.07, 6.45) is 3.17. The van der Waals surface area contributed by atoms with Gasteiger partial charge in [-0.05, 0) is 54.4 Å². The average Bonchev–Trinajstić information content (AvgIpc) is 3.46. The predicted molar refractivity (Wildman–Crippen MR) is 131 cm³/mol. The largest absolute Gasteiger partial charge is 0.493 e. The summed E-state index contributed by atoms with van der Waals surface area (Å²) in [4.78, 5) is 28.9. The van der Waals surface area contributed by atoms with Crippen molar-refractivity contribution in [2.24, 2.45) is 0 Å². The lowest BCUT2D eigenvalue weighted by atomic mass is 9.97. The van der Waals surface area contributed by atoms with E-state index in [0.29, 0.717) is 45.4 Å². The van der Waals surface area contributed by atoms with Crippen molar-refractivity contribution < 1.29 is 23.1 Å². The predicted octanol–water partition coefficient (Wildman–Crippen LogP) is 5.67. The van der Waals surface area contributed by atoms with E-state index in [4.69, 9.17) is 29.9 Å². The highest BCUT2D eigenvalue weighted by Gasteiger charge is 2.43. The third-order valence-electron chi connectivity index (χ3n) is 6.01. The van der Waals surface area contributed by atoms with Crippen LogP contribution in [0.25, 0.3) is 11.0 Å². The number of carbonyl (C=O) groups excluding carboxylic acids is 1. The van der Waals surface area contributed by atoms with Gasteiger partial charge in [-0.2, -0.15) is 0 Å². The summed E-state index contributed by atoms with van der Waals surface area (Å²) in [7, 11) is 1.53. The van der Waals surface area contributed by atoms with Gasteiger partial charge in [-0.25, -0.2) is 0 Å². The zero-order chi connectivity index (χ0) is 24.7. The van der Waals surface area contributed by atoms with Gasteiger partial charge in [0.1, 0.15) is 18.0 Å². The quantitative estimate of drug-likeness (QED) is 0.310. The van der Waals surface area contributed by atoms with Gasteiger partial charge in [0.25, 0.3) is 5.91 Å². The first-order valence-corrected chi connectivity index (χ1v) is 11.3. The zero-order valence-electron chi connectivity index (χ0n) is 19.2. The van der Waals surface area contributed by atoms with E-state index >= 15 is 0 Å². The van der Waals surface area contributed by atoms with Crippen LogP contribution in [0, 0.1) is 6.92 Å². The molecular weight excluding hydrogens is 470 g/mol. The van der Waals surface area contributed by atoms with Crippen molar-refractivity contribution in [2.45, 2.75) is 19.5 Å². The smallest absolute Gasteiger partial charge is 0.291 e. The zero-order valence-corrected chi connectivity index (χ0v) is 19.9. The van der Waals surface area contributed by atoms with Gasteiger partial charge >= 0.3 is 0 Å². The molecular formula is C27H22ClNO6. The van der Waals surface area contributed by atoms with Crippen LogP contribution in [0.5, 0.6) is 11.5 Å². The summed E-state index contributed by atoms with van der Waals surface area (Å²) in [5.41, 5.74) is 1.66. The van der Waals surface area contributed by atoms with E-state index < -0.39 is 11.9 Å². The topological polar surface area (TPSA) is 82.1 Å². The second-order valence-electron chi connectivity index (χ2n) is 8.20. The first-order valence-electron chi connectivity index (χ1n) is 10.9. The maximum atomic E-state index is 13.7. The van der Waals surface area contributed by atoms with Crippen LogP contribution in [0.15, 0.2) is 75.0 Å². The van der Waals surface area contributed by atoms with Crippen LogP contribution in [-0.2, 0) is 6.54 Å². The molecule has 0 saturated carbocycles. The van der Waals surface area contributed by atoms with E-state index in [1.807, 2.05) is 6.92 Å². The van der Waals surface area contributed by atoms with Gasteiger partial charge in [-0.15, -0.1) is 0 Å². The van der Waals surface area contributed by atoms with Crippen LogP contribution in [0.3, 0.4) is 0 Å². The van der Waals surface area contributed by atoms with Crippen LogP contribution >= 0.6 is 11.6 Å². The van der Waals surface area contributed by atoms with Gasteiger partial charge < -0.3 is 23.2 Å². The fraction of sp³-hybridized carbons (Fsp3) is 0.185. The SMILES string of the molecule is C=CCOc1ccc(C2c3c(oc4cc(C)c(Cl)cc4c3=O)C(=O)N2Cc2ccco2)cc1OC. The van der Waals surface area contributed by atoms with E-state index in [9.17, 15) is 9.59 Å². The molecule has 0 N–H and O–H groups in total. The highest BCUT2D eigenvalue weighted by molar-refractivity contribution is 6.32. The van der Waals surface area contributed by atoms with E-state index in [0.717, 1.165) is 5.56 Å². The molecule has 7 nitrogen and oxygen atoms in total. The second-order valence-corrected chi connectivity index (χ2v) is 8.60. The molecule has 1 atom stereocenters. The lowest BCUT2D eigenvalue weighted by Gasteiger charge is -2.25. The van der Waals surface area contributed by atoms with Crippen molar-refractivity contribution >= 4 is 28.5 Å². The minimum absolute atomic E-state index is 0.00623. The Morgan fingerprint density at radius 2 is 2.00 bits per heavy atom. The highest BCUT2D eigenvalue weighted by atomic mass is 35.5. The molecule has 1 aliphatic heterocycles. The van der Waals surface area contributed by atoms with Crippen molar-refractivity contribution in [3.8, 4) is 11.5 Å². The number of benzene rings is 2. The number of carbonyl (C=O) groups is 1. The highest BCUT2D eigenvalue weighted by Crippen LogP contribution is 2.42. The molecule has 1 unspecified atom stereocenters. The number of hydrogen-bond donors (Lipinski definition) is 0. The number of halogens is 1. The van der Waals surface area contributed by atoms with Crippen molar-refractivity contribution in [1.82, 2.24) is 4.90 Å². The number of ether oxygens (including phenoxy) is 2. The fourth-order valence-corrected chi connectivity index (χ4v) is 4.51. The minimum atomic E-state index is -0.731. The molecule has 4 aromatic rings. The van der Waals surface area contributed by atoms with Crippen LogP contribution in [-0.4, -0.2) is 24.5 Å². The molecule has 2 aromatic heterocycles. The molecule has 1 aliphatic rings. The Morgan fingerprint density at radius 3 is 2.71 bits per heavy atom. The summed E-state index contributed by atoms with van der Waals surface area (Å²) in [5.74, 6) is 1.16. The molecule has 1 amide bonds. The second kappa shape index (κ2) is 9.00. The molecule has 178 valence electrons. The standard InChI is InChI=1S/C27H22ClNO6/c1-4-9-34-20-8-7-16(12-22(20)32-3)24-23-25(30)18-13-19(28)15(2)11-21(18)35-26(23)27(31)29(24)14-17-6-5-10-33-17/h4-8,10-13,24H,1,9,14H2,2-3H3. The third-order valence-corrected chi connectivity index (χ3v) is 6.42. The first kappa shape index (κ1) is 22.8. The lowest BCUT2D eigenvalue weighted by molar-refractivity contribution is 0.0701. The molecule has 0 radical (unpaired) electrons. The molecule has 3 heterocycles. The van der Waals surface area contributed by atoms with Crippen molar-refractivity contribution in [1.29, 1.82) is 0 Å². The van der Waals surface area contributed by atoms with Gasteiger partial charge in [0.15, 0.2) is 16.9 Å². The number of nitrogens with zero attached hydrogens (tertiary/aromatic N) is 1. The van der Waals surface area contributed by atoms with Gasteiger partial charge in [0.2, 0.25) is 5.76 Å². The molecule has 35 heavy (non-hydrogen) atoms. The molecule has 0 fully saturated rings. The number of furan rings is 1. The Labute approximate surface area is 206 Å². The van der Waals surface area contributed by atoms with Crippen LogP contribution in [0.4, 0.5) is 0 Å². The lowest BCUT2D eigenvalue weighted by Crippen LogP contribution is -2.29. The molecule has 5 rings (SSSR count). The maximum absolute atomic E-state index is 13.7. The normalized spacial score (nSPS) is 14.9. The van der Waals surface area contributed by atoms with E-state index in [-0.39, 0.29) is 23.3 Å². The molecule has 0 bridgehead atoms. The number of aryl methyl sites for hydroxylation is 1. The molecule has 8 heteroatoms. The Morgan fingerprint density at radius 1 is 1.17 bits per heavy atom. The number of rotatable bonds is 7. The average molecular weight is 492 g/mol. The maximum Gasteiger partial charge on any atom is 0.291 e. The summed E-state index contributed by atoms with van der Waals surface area (Å²) in [6, 6.07) is 11.3. The molecule has 0 spiro atoms. The fourth-order valence-electron chi connectivity index (χ4n) is 4.34. The van der Waals surface area contributed by atoms with Gasteiger partial charge in [0.05, 0.1) is 36.9 Å². The van der Waals surface area contributed by atoms with E-state index in [1.54, 1.807) is 53.4 Å². The van der Waals surface area contributed by atoms with Crippen LogP contribution in [0.1, 0.15) is 39.0 Å². The molecule has 2 aromatic carbocycles. The Balaban J connectivity index is 1.72. The van der Waals surface area contributed by atoms with E-state index in [1.165, 1.54) is 13.4 Å². The Kier molecular flexibility index (Phi) is 5.86. The summed E-state index contributed by atoms with van der Waals surface area (Å²) in [6.45, 7) is 5.93. The number of methoxy groups -OCH3 is 1. The number of hydrogen-bond acceptors (Lipinski definition) is 6. The van der Waals surface area contributed by atoms with Gasteiger partial charge in [-0.3, -0.25) is 9.59 Å². The molecule has 0 saturated heterocycles. The van der Waals surface area contributed by atoms with Crippen molar-refractivity contribution in [2.75, 3.05) is 13.7 Å². The molecule has 0 aliphatic carbocycles. The van der Waals surface area contributed by atoms with E-state index in [2.05, 4.69) is 6.58 Å². The summed E-state index contributed by atoms with van der Waals surface area (Å²) < 4.78 is 22.7. The summed E-state index contributed by atoms with van der Waals surface area (Å²) in [5, 5.41) is 0.762. The minimum Gasteiger partial charge on any atom is -0.493 e. The first-order chi connectivity index (χ1) is 16.9. The van der Waals surface area contributed by atoms with Crippen molar-refractivity contribution in [3.63, 3.8) is 0 Å². The monoisotopic (exact) mass is 491 g/mol. The Hall–Kier alpha value is -3.97. The van der Waals surface area contributed by atoms with Crippen LogP contribution in [0.2, 0.25) is 5.02 Å². The van der Waals surface area contributed by atoms with Crippen LogP contribution < -0.4 is 14.9 Å². The number of amides is 1. The van der Waals surface area contributed by atoms with Gasteiger partial charge in [-0.1, -0.05) is 30.3 Å². The summed E-state index contributed by atoms with van der Waals surface area (Å²) >= 11 is 6.31. The third kappa shape index (κ3) is 3.88.